The summed E-state index contributed by atoms with van der Waals surface area (Å²) >= 11 is 0. The van der Waals surface area contributed by atoms with Gasteiger partial charge in [-0.15, -0.1) is 0 Å². The second-order valence-corrected chi connectivity index (χ2v) is 4.35. The lowest BCUT2D eigenvalue weighted by atomic mass is 10.0. The molecular formula is C16H16N2O2. The van der Waals surface area contributed by atoms with Crippen molar-refractivity contribution in [2.45, 2.75) is 13.5 Å². The average molecular weight is 268 g/mol. The van der Waals surface area contributed by atoms with Gasteiger partial charge in [-0.25, -0.2) is 0 Å². The molecule has 0 aliphatic rings. The van der Waals surface area contributed by atoms with Crippen LogP contribution in [-0.4, -0.2) is 12.5 Å². The van der Waals surface area contributed by atoms with Gasteiger partial charge in [-0.1, -0.05) is 17.9 Å². The van der Waals surface area contributed by atoms with Gasteiger partial charge >= 0.3 is 0 Å². The zero-order valence-electron chi connectivity index (χ0n) is 11.3. The van der Waals surface area contributed by atoms with Gasteiger partial charge in [0.05, 0.1) is 19.1 Å². The molecule has 2 rings (SSSR count). The van der Waals surface area contributed by atoms with Crippen molar-refractivity contribution in [3.05, 3.63) is 59.0 Å². The van der Waals surface area contributed by atoms with Crippen LogP contribution >= 0.6 is 0 Å². The van der Waals surface area contributed by atoms with Crippen LogP contribution in [0.5, 0.6) is 0 Å². The average Bonchev–Trinajstić information content (AvgIpc) is 2.97. The Kier molecular flexibility index (Phi) is 4.59. The molecule has 1 amide bonds. The third-order valence-corrected chi connectivity index (χ3v) is 2.86. The number of furan rings is 1. The second-order valence-electron chi connectivity index (χ2n) is 4.35. The Labute approximate surface area is 118 Å². The first-order valence-electron chi connectivity index (χ1n) is 6.29. The number of hydrogen-bond donors (Lipinski definition) is 2. The lowest BCUT2D eigenvalue weighted by Gasteiger charge is -2.05. The monoisotopic (exact) mass is 268 g/mol. The fourth-order valence-electron chi connectivity index (χ4n) is 1.72. The summed E-state index contributed by atoms with van der Waals surface area (Å²) in [6.07, 6.45) is 3.18. The van der Waals surface area contributed by atoms with Crippen LogP contribution in [0.25, 0.3) is 0 Å². The summed E-state index contributed by atoms with van der Waals surface area (Å²) in [5, 5.41) is 2.83. The van der Waals surface area contributed by atoms with E-state index >= 15 is 0 Å². The lowest BCUT2D eigenvalue weighted by molar-refractivity contribution is 0.0951. The fourth-order valence-corrected chi connectivity index (χ4v) is 1.72. The zero-order valence-corrected chi connectivity index (χ0v) is 11.3. The molecule has 4 nitrogen and oxygen atoms in total. The molecule has 0 radical (unpaired) electrons. The zero-order chi connectivity index (χ0) is 14.4. The van der Waals surface area contributed by atoms with E-state index in [1.54, 1.807) is 24.7 Å². The Morgan fingerprint density at radius 1 is 1.40 bits per heavy atom. The third kappa shape index (κ3) is 3.50. The van der Waals surface area contributed by atoms with Crippen molar-refractivity contribution >= 4 is 5.91 Å². The SMILES string of the molecule is Cc1ccc(C(=O)NCc2ccoc2)cc1C#CCN. The van der Waals surface area contributed by atoms with E-state index in [0.717, 1.165) is 16.7 Å². The van der Waals surface area contributed by atoms with Crippen molar-refractivity contribution in [1.82, 2.24) is 5.32 Å². The highest BCUT2D eigenvalue weighted by Crippen LogP contribution is 2.10. The molecule has 3 N–H and O–H groups in total. The van der Waals surface area contributed by atoms with Crippen LogP contribution in [0.4, 0.5) is 0 Å². The smallest absolute Gasteiger partial charge is 0.251 e. The molecule has 0 aliphatic carbocycles. The lowest BCUT2D eigenvalue weighted by Crippen LogP contribution is -2.22. The van der Waals surface area contributed by atoms with E-state index in [1.807, 2.05) is 19.1 Å². The molecule has 1 heterocycles. The van der Waals surface area contributed by atoms with E-state index in [2.05, 4.69) is 17.2 Å². The normalized spacial score (nSPS) is 9.70. The van der Waals surface area contributed by atoms with Crippen molar-refractivity contribution < 1.29 is 9.21 Å². The van der Waals surface area contributed by atoms with E-state index in [4.69, 9.17) is 10.2 Å². The summed E-state index contributed by atoms with van der Waals surface area (Å²) < 4.78 is 4.95. The summed E-state index contributed by atoms with van der Waals surface area (Å²) in [5.41, 5.74) is 8.72. The summed E-state index contributed by atoms with van der Waals surface area (Å²) in [7, 11) is 0. The van der Waals surface area contributed by atoms with Gasteiger partial charge in [0, 0.05) is 23.2 Å². The minimum atomic E-state index is -0.137. The van der Waals surface area contributed by atoms with Crippen molar-refractivity contribution in [2.24, 2.45) is 5.73 Å². The predicted octanol–water partition coefficient (Wildman–Crippen LogP) is 1.83. The van der Waals surface area contributed by atoms with E-state index in [9.17, 15) is 4.79 Å². The minimum absolute atomic E-state index is 0.137. The first-order valence-corrected chi connectivity index (χ1v) is 6.29. The number of aryl methyl sites for hydroxylation is 1. The first-order chi connectivity index (χ1) is 9.70. The van der Waals surface area contributed by atoms with Crippen LogP contribution < -0.4 is 11.1 Å². The van der Waals surface area contributed by atoms with E-state index in [1.165, 1.54) is 0 Å². The van der Waals surface area contributed by atoms with Crippen LogP contribution in [-0.2, 0) is 6.54 Å². The molecule has 0 atom stereocenters. The van der Waals surface area contributed by atoms with Gasteiger partial charge in [0.1, 0.15) is 0 Å². The maximum atomic E-state index is 12.1. The predicted molar refractivity (Wildman–Crippen MR) is 77.0 cm³/mol. The number of rotatable bonds is 3. The molecule has 102 valence electrons. The molecule has 0 unspecified atom stereocenters. The molecule has 2 aromatic rings. The molecule has 4 heteroatoms. The topological polar surface area (TPSA) is 68.3 Å². The van der Waals surface area contributed by atoms with Crippen molar-refractivity contribution in [1.29, 1.82) is 0 Å². The molecule has 1 aromatic heterocycles. The van der Waals surface area contributed by atoms with E-state index in [-0.39, 0.29) is 5.91 Å². The molecule has 1 aromatic carbocycles. The number of benzene rings is 1. The Hall–Kier alpha value is -2.51. The number of nitrogens with two attached hydrogens (primary N) is 1. The summed E-state index contributed by atoms with van der Waals surface area (Å²) in [6, 6.07) is 7.26. The highest BCUT2D eigenvalue weighted by Gasteiger charge is 2.07. The van der Waals surface area contributed by atoms with E-state index in [0.29, 0.717) is 18.7 Å². The largest absolute Gasteiger partial charge is 0.472 e. The number of carbonyl (C=O) groups excluding carboxylic acids is 1. The van der Waals surface area contributed by atoms with Gasteiger partial charge in [-0.05, 0) is 30.7 Å². The molecule has 0 saturated heterocycles. The maximum absolute atomic E-state index is 12.1. The standard InChI is InChI=1S/C16H16N2O2/c1-12-4-5-15(9-14(12)3-2-7-17)16(19)18-10-13-6-8-20-11-13/h4-6,8-9,11H,7,10,17H2,1H3,(H,18,19). The van der Waals surface area contributed by atoms with Crippen LogP contribution in [0.15, 0.2) is 41.2 Å². The van der Waals surface area contributed by atoms with Gasteiger partial charge in [0.15, 0.2) is 0 Å². The summed E-state index contributed by atoms with van der Waals surface area (Å²) in [4.78, 5) is 12.1. The van der Waals surface area contributed by atoms with Crippen molar-refractivity contribution in [2.75, 3.05) is 6.54 Å². The van der Waals surface area contributed by atoms with Crippen LogP contribution in [0.3, 0.4) is 0 Å². The molecule has 0 aliphatic heterocycles. The molecule has 20 heavy (non-hydrogen) atoms. The van der Waals surface area contributed by atoms with Crippen LogP contribution in [0.2, 0.25) is 0 Å². The third-order valence-electron chi connectivity index (χ3n) is 2.86. The molecule has 0 spiro atoms. The summed E-state index contributed by atoms with van der Waals surface area (Å²) in [5.74, 6) is 5.63. The number of hydrogen-bond acceptors (Lipinski definition) is 3. The molecule has 0 saturated carbocycles. The highest BCUT2D eigenvalue weighted by atomic mass is 16.3. The molecule has 0 fully saturated rings. The Balaban J connectivity index is 2.09. The Morgan fingerprint density at radius 2 is 2.25 bits per heavy atom. The van der Waals surface area contributed by atoms with Crippen molar-refractivity contribution in [3.63, 3.8) is 0 Å². The first kappa shape index (κ1) is 13.9. The Bertz CT molecular complexity index is 649. The van der Waals surface area contributed by atoms with Gasteiger partial charge in [-0.3, -0.25) is 4.79 Å². The maximum Gasteiger partial charge on any atom is 0.251 e. The quantitative estimate of drug-likeness (QED) is 0.834. The van der Waals surface area contributed by atoms with Gasteiger partial charge in [0.25, 0.3) is 5.91 Å². The summed E-state index contributed by atoms with van der Waals surface area (Å²) in [6.45, 7) is 2.69. The number of carbonyl (C=O) groups is 1. The minimum Gasteiger partial charge on any atom is -0.472 e. The fraction of sp³-hybridized carbons (Fsp3) is 0.188. The van der Waals surface area contributed by atoms with Gasteiger partial charge < -0.3 is 15.5 Å². The molecular weight excluding hydrogens is 252 g/mol. The highest BCUT2D eigenvalue weighted by molar-refractivity contribution is 5.94. The van der Waals surface area contributed by atoms with Crippen LogP contribution in [0.1, 0.15) is 27.0 Å². The number of nitrogens with one attached hydrogen (secondary N) is 1. The second kappa shape index (κ2) is 6.60. The van der Waals surface area contributed by atoms with E-state index < -0.39 is 0 Å². The van der Waals surface area contributed by atoms with Crippen molar-refractivity contribution in [3.8, 4) is 11.8 Å². The number of amides is 1. The van der Waals surface area contributed by atoms with Crippen LogP contribution in [0, 0.1) is 18.8 Å². The Morgan fingerprint density at radius 3 is 2.95 bits per heavy atom. The van der Waals surface area contributed by atoms with Gasteiger partial charge in [-0.2, -0.15) is 0 Å². The molecule has 0 bridgehead atoms. The van der Waals surface area contributed by atoms with Gasteiger partial charge in [0.2, 0.25) is 0 Å².